The monoisotopic (exact) mass is 254 g/mol. The van der Waals surface area contributed by atoms with Gasteiger partial charge in [0, 0.05) is 18.1 Å². The summed E-state index contributed by atoms with van der Waals surface area (Å²) in [5, 5.41) is 3.36. The molecule has 0 saturated carbocycles. The molecule has 2 saturated heterocycles. The molecular weight excluding hydrogens is 228 g/mol. The number of fused-ring (bicyclic) bond motifs is 2. The van der Waals surface area contributed by atoms with E-state index in [0.717, 1.165) is 25.7 Å². The molecule has 2 aliphatic rings. The van der Waals surface area contributed by atoms with Gasteiger partial charge in [-0.1, -0.05) is 0 Å². The molecule has 4 heteroatoms. The van der Waals surface area contributed by atoms with Gasteiger partial charge in [-0.15, -0.1) is 0 Å². The standard InChI is InChI=1S/C14H26N2O2/c1-14(2,3)18-13(17)16-11-6-5-7-12(16)9-10(8-11)15-4/h10-12,15H,5-9H2,1-4H3. The first-order valence-electron chi connectivity index (χ1n) is 7.09. The molecule has 2 fully saturated rings. The van der Waals surface area contributed by atoms with Gasteiger partial charge in [-0.25, -0.2) is 4.79 Å². The van der Waals surface area contributed by atoms with Crippen molar-refractivity contribution in [2.75, 3.05) is 7.05 Å². The van der Waals surface area contributed by atoms with Gasteiger partial charge in [0.15, 0.2) is 0 Å². The van der Waals surface area contributed by atoms with E-state index in [2.05, 4.69) is 5.32 Å². The number of amides is 1. The van der Waals surface area contributed by atoms with Gasteiger partial charge in [0.25, 0.3) is 0 Å². The van der Waals surface area contributed by atoms with Crippen molar-refractivity contribution in [2.24, 2.45) is 0 Å². The zero-order valence-electron chi connectivity index (χ0n) is 12.0. The molecule has 1 N–H and O–H groups in total. The van der Waals surface area contributed by atoms with E-state index in [1.54, 1.807) is 0 Å². The average molecular weight is 254 g/mol. The lowest BCUT2D eigenvalue weighted by atomic mass is 9.82. The minimum absolute atomic E-state index is 0.119. The van der Waals surface area contributed by atoms with Crippen molar-refractivity contribution in [2.45, 2.75) is 76.6 Å². The van der Waals surface area contributed by atoms with E-state index in [-0.39, 0.29) is 6.09 Å². The summed E-state index contributed by atoms with van der Waals surface area (Å²) in [5.74, 6) is 0. The Morgan fingerprint density at radius 3 is 2.22 bits per heavy atom. The zero-order valence-corrected chi connectivity index (χ0v) is 12.0. The summed E-state index contributed by atoms with van der Waals surface area (Å²) in [7, 11) is 2.02. The molecule has 2 heterocycles. The number of ether oxygens (including phenoxy) is 1. The molecule has 0 aromatic heterocycles. The van der Waals surface area contributed by atoms with Crippen molar-refractivity contribution in [1.82, 2.24) is 10.2 Å². The summed E-state index contributed by atoms with van der Waals surface area (Å²) < 4.78 is 5.55. The first-order chi connectivity index (χ1) is 8.40. The minimum atomic E-state index is -0.398. The highest BCUT2D eigenvalue weighted by Gasteiger charge is 2.42. The molecular formula is C14H26N2O2. The number of carbonyl (C=O) groups excluding carboxylic acids is 1. The Balaban J connectivity index is 2.06. The van der Waals surface area contributed by atoms with E-state index >= 15 is 0 Å². The van der Waals surface area contributed by atoms with Gasteiger partial charge in [-0.3, -0.25) is 0 Å². The molecule has 0 aliphatic carbocycles. The van der Waals surface area contributed by atoms with Crippen LogP contribution in [0.5, 0.6) is 0 Å². The molecule has 0 radical (unpaired) electrons. The van der Waals surface area contributed by atoms with Crippen LogP contribution in [0.1, 0.15) is 52.9 Å². The van der Waals surface area contributed by atoms with E-state index < -0.39 is 5.60 Å². The van der Waals surface area contributed by atoms with Gasteiger partial charge in [-0.05, 0) is 59.9 Å². The molecule has 2 bridgehead atoms. The lowest BCUT2D eigenvalue weighted by Gasteiger charge is -2.48. The fraction of sp³-hybridized carbons (Fsp3) is 0.929. The number of rotatable bonds is 1. The highest BCUT2D eigenvalue weighted by atomic mass is 16.6. The van der Waals surface area contributed by atoms with Crippen molar-refractivity contribution in [3.63, 3.8) is 0 Å². The average Bonchev–Trinajstić information content (AvgIpc) is 2.24. The van der Waals surface area contributed by atoms with Crippen LogP contribution in [0.15, 0.2) is 0 Å². The Labute approximate surface area is 110 Å². The second-order valence-electron chi connectivity index (χ2n) is 6.58. The zero-order chi connectivity index (χ0) is 13.3. The molecule has 2 atom stereocenters. The molecule has 2 rings (SSSR count). The topological polar surface area (TPSA) is 41.6 Å². The van der Waals surface area contributed by atoms with Crippen LogP contribution < -0.4 is 5.32 Å². The normalized spacial score (nSPS) is 32.2. The van der Waals surface area contributed by atoms with Crippen LogP contribution in [0.3, 0.4) is 0 Å². The predicted octanol–water partition coefficient (Wildman–Crippen LogP) is 2.53. The molecule has 2 aliphatic heterocycles. The third-order valence-corrected chi connectivity index (χ3v) is 3.99. The van der Waals surface area contributed by atoms with Crippen molar-refractivity contribution >= 4 is 6.09 Å². The third kappa shape index (κ3) is 2.97. The second-order valence-corrected chi connectivity index (χ2v) is 6.58. The van der Waals surface area contributed by atoms with Gasteiger partial charge >= 0.3 is 6.09 Å². The first kappa shape index (κ1) is 13.7. The molecule has 0 spiro atoms. The Morgan fingerprint density at radius 2 is 1.78 bits per heavy atom. The van der Waals surface area contributed by atoms with Gasteiger partial charge < -0.3 is 15.0 Å². The van der Waals surface area contributed by atoms with Crippen molar-refractivity contribution < 1.29 is 9.53 Å². The first-order valence-corrected chi connectivity index (χ1v) is 7.09. The van der Waals surface area contributed by atoms with Crippen molar-refractivity contribution in [3.05, 3.63) is 0 Å². The number of nitrogens with one attached hydrogen (secondary N) is 1. The molecule has 18 heavy (non-hydrogen) atoms. The lowest BCUT2D eigenvalue weighted by Crippen LogP contribution is -2.58. The van der Waals surface area contributed by atoms with Crippen LogP contribution in [0.4, 0.5) is 4.79 Å². The molecule has 4 nitrogen and oxygen atoms in total. The van der Waals surface area contributed by atoms with Gasteiger partial charge in [-0.2, -0.15) is 0 Å². The molecule has 0 aromatic rings. The minimum Gasteiger partial charge on any atom is -0.444 e. The fourth-order valence-electron chi connectivity index (χ4n) is 3.23. The number of hydrogen-bond acceptors (Lipinski definition) is 3. The quantitative estimate of drug-likeness (QED) is 0.782. The fourth-order valence-corrected chi connectivity index (χ4v) is 3.23. The summed E-state index contributed by atoms with van der Waals surface area (Å²) in [6, 6.07) is 1.29. The van der Waals surface area contributed by atoms with E-state index in [4.69, 9.17) is 4.74 Å². The summed E-state index contributed by atoms with van der Waals surface area (Å²) >= 11 is 0. The number of carbonyl (C=O) groups is 1. The maximum absolute atomic E-state index is 12.3. The second kappa shape index (κ2) is 5.08. The highest BCUT2D eigenvalue weighted by Crippen LogP contribution is 2.35. The van der Waals surface area contributed by atoms with Crippen LogP contribution in [-0.2, 0) is 4.74 Å². The molecule has 0 aromatic carbocycles. The highest BCUT2D eigenvalue weighted by molar-refractivity contribution is 5.69. The Hall–Kier alpha value is -0.770. The lowest BCUT2D eigenvalue weighted by molar-refractivity contribution is -0.0229. The van der Waals surface area contributed by atoms with Crippen LogP contribution in [-0.4, -0.2) is 41.8 Å². The molecule has 104 valence electrons. The summed E-state index contributed by atoms with van der Waals surface area (Å²) in [6.45, 7) is 5.79. The van der Waals surface area contributed by atoms with Crippen molar-refractivity contribution in [1.29, 1.82) is 0 Å². The van der Waals surface area contributed by atoms with Gasteiger partial charge in [0.2, 0.25) is 0 Å². The predicted molar refractivity (Wildman–Crippen MR) is 71.6 cm³/mol. The molecule has 1 amide bonds. The smallest absolute Gasteiger partial charge is 0.410 e. The van der Waals surface area contributed by atoms with E-state index in [0.29, 0.717) is 18.1 Å². The van der Waals surface area contributed by atoms with E-state index in [9.17, 15) is 4.79 Å². The Bertz CT molecular complexity index is 297. The van der Waals surface area contributed by atoms with Crippen molar-refractivity contribution in [3.8, 4) is 0 Å². The van der Waals surface area contributed by atoms with Gasteiger partial charge in [0.05, 0.1) is 0 Å². The third-order valence-electron chi connectivity index (χ3n) is 3.99. The van der Waals surface area contributed by atoms with Crippen LogP contribution >= 0.6 is 0 Å². The van der Waals surface area contributed by atoms with Crippen LogP contribution in [0, 0.1) is 0 Å². The maximum Gasteiger partial charge on any atom is 0.410 e. The number of piperidine rings is 2. The van der Waals surface area contributed by atoms with E-state index in [1.165, 1.54) is 6.42 Å². The van der Waals surface area contributed by atoms with Gasteiger partial charge in [0.1, 0.15) is 5.60 Å². The largest absolute Gasteiger partial charge is 0.444 e. The van der Waals surface area contributed by atoms with Crippen LogP contribution in [0.2, 0.25) is 0 Å². The number of hydrogen-bond donors (Lipinski definition) is 1. The SMILES string of the molecule is CNC1CC2CCCC(C1)N2C(=O)OC(C)(C)C. The Morgan fingerprint density at radius 1 is 1.22 bits per heavy atom. The summed E-state index contributed by atoms with van der Waals surface area (Å²) in [4.78, 5) is 14.3. The van der Waals surface area contributed by atoms with E-state index in [1.807, 2.05) is 32.7 Å². The maximum atomic E-state index is 12.3. The number of nitrogens with zero attached hydrogens (tertiary/aromatic N) is 1. The summed E-state index contributed by atoms with van der Waals surface area (Å²) in [5.41, 5.74) is -0.398. The molecule has 2 unspecified atom stereocenters. The Kier molecular flexibility index (Phi) is 3.85. The van der Waals surface area contributed by atoms with Crippen LogP contribution in [0.25, 0.3) is 0 Å². The summed E-state index contributed by atoms with van der Waals surface area (Å²) in [6.07, 6.45) is 5.48.